The van der Waals surface area contributed by atoms with E-state index in [1.54, 1.807) is 12.1 Å². The maximum Gasteiger partial charge on any atom is 0.186 e. The quantitative estimate of drug-likeness (QED) is 0.294. The van der Waals surface area contributed by atoms with Crippen molar-refractivity contribution in [2.45, 2.75) is 26.4 Å². The number of nitriles is 1. The lowest BCUT2D eigenvalue weighted by Crippen LogP contribution is -2.29. The van der Waals surface area contributed by atoms with Gasteiger partial charge >= 0.3 is 0 Å². The summed E-state index contributed by atoms with van der Waals surface area (Å²) in [6.45, 7) is -0.921. The summed E-state index contributed by atoms with van der Waals surface area (Å²) in [7, 11) is 0. The molecule has 2 rings (SSSR count). The first-order valence-electron chi connectivity index (χ1n) is 7.33. The number of guanidine groups is 1. The third-order valence-corrected chi connectivity index (χ3v) is 4.25. The molecule has 132 valence electrons. The summed E-state index contributed by atoms with van der Waals surface area (Å²) >= 11 is 6.32. The van der Waals surface area contributed by atoms with Gasteiger partial charge in [-0.25, -0.2) is 0 Å². The fourth-order valence-electron chi connectivity index (χ4n) is 2.70. The van der Waals surface area contributed by atoms with Crippen LogP contribution < -0.4 is 11.1 Å². The van der Waals surface area contributed by atoms with Gasteiger partial charge in [0.1, 0.15) is 11.8 Å². The van der Waals surface area contributed by atoms with E-state index in [9.17, 15) is 20.6 Å². The van der Waals surface area contributed by atoms with Gasteiger partial charge < -0.3 is 31.4 Å². The van der Waals surface area contributed by atoms with Crippen LogP contribution >= 0.6 is 11.6 Å². The van der Waals surface area contributed by atoms with Crippen LogP contribution in [0, 0.1) is 16.7 Å². The van der Waals surface area contributed by atoms with E-state index < -0.39 is 0 Å². The van der Waals surface area contributed by atoms with Crippen molar-refractivity contribution in [3.05, 3.63) is 45.2 Å². The molecule has 0 saturated carbocycles. The average molecular weight is 364 g/mol. The molecular formula is C16H18ClN5O3. The summed E-state index contributed by atoms with van der Waals surface area (Å²) in [6.07, 6.45) is 0. The molecule has 1 aromatic heterocycles. The second-order valence-electron chi connectivity index (χ2n) is 5.25. The summed E-state index contributed by atoms with van der Waals surface area (Å²) < 4.78 is 0. The Morgan fingerprint density at radius 1 is 1.24 bits per heavy atom. The minimum atomic E-state index is -0.387. The van der Waals surface area contributed by atoms with Gasteiger partial charge in [-0.2, -0.15) is 5.26 Å². The molecule has 2 aromatic rings. The van der Waals surface area contributed by atoms with Gasteiger partial charge in [0.15, 0.2) is 5.96 Å². The van der Waals surface area contributed by atoms with Gasteiger partial charge in [0.25, 0.3) is 0 Å². The molecule has 0 amide bonds. The van der Waals surface area contributed by atoms with Crippen LogP contribution in [0.5, 0.6) is 0 Å². The minimum absolute atomic E-state index is 0.118. The Hall–Kier alpha value is -2.57. The Bertz CT molecular complexity index is 841. The number of nitrogens with zero attached hydrogens (tertiary/aromatic N) is 1. The number of hydrogen-bond acceptors (Lipinski definition) is 5. The molecule has 0 unspecified atom stereocenters. The maximum atomic E-state index is 9.79. The van der Waals surface area contributed by atoms with Gasteiger partial charge in [-0.15, -0.1) is 0 Å². The molecule has 0 saturated heterocycles. The Labute approximate surface area is 149 Å². The second-order valence-corrected chi connectivity index (χ2v) is 5.63. The number of hydrogen-bond donors (Lipinski definition) is 7. The lowest BCUT2D eigenvalue weighted by atomic mass is 9.92. The zero-order chi connectivity index (χ0) is 18.6. The smallest absolute Gasteiger partial charge is 0.186 e. The number of nitrogens with one attached hydrogen (secondary N) is 3. The van der Waals surface area contributed by atoms with Crippen LogP contribution in [0.25, 0.3) is 11.1 Å². The Morgan fingerprint density at radius 2 is 1.92 bits per heavy atom. The Balaban J connectivity index is 2.71. The highest BCUT2D eigenvalue weighted by Gasteiger charge is 2.22. The van der Waals surface area contributed by atoms with Gasteiger partial charge in [-0.1, -0.05) is 23.7 Å². The first kappa shape index (κ1) is 18.8. The Morgan fingerprint density at radius 3 is 2.44 bits per heavy atom. The van der Waals surface area contributed by atoms with Crippen molar-refractivity contribution in [3.63, 3.8) is 0 Å². The lowest BCUT2D eigenvalue weighted by molar-refractivity contribution is 0.248. The summed E-state index contributed by atoms with van der Waals surface area (Å²) in [5.74, 6) is -0.246. The molecule has 0 bridgehead atoms. The Kier molecular flexibility index (Phi) is 6.01. The van der Waals surface area contributed by atoms with Crippen LogP contribution in [0.15, 0.2) is 12.1 Å². The molecule has 8 nitrogen and oxygen atoms in total. The molecule has 0 aliphatic heterocycles. The largest absolute Gasteiger partial charge is 0.392 e. The van der Waals surface area contributed by atoms with Crippen molar-refractivity contribution >= 4 is 17.6 Å². The van der Waals surface area contributed by atoms with Crippen molar-refractivity contribution < 1.29 is 15.3 Å². The standard InChI is InChI=1S/C16H18ClN5O3/c17-15-12(3-18)22-13(4-21-16(19)20)14(15)9-2-1-8(5-23)10(6-24)11(9)7-25/h1-2,22-25H,4-7H2,(H4,19,20,21). The van der Waals surface area contributed by atoms with Crippen LogP contribution in [0.2, 0.25) is 5.02 Å². The van der Waals surface area contributed by atoms with Crippen LogP contribution in [-0.4, -0.2) is 26.3 Å². The maximum absolute atomic E-state index is 9.79. The van der Waals surface area contributed by atoms with Gasteiger partial charge in [0.2, 0.25) is 0 Å². The molecular weight excluding hydrogens is 346 g/mol. The molecule has 0 aliphatic rings. The molecule has 8 N–H and O–H groups in total. The van der Waals surface area contributed by atoms with Gasteiger partial charge in [-0.05, 0) is 22.3 Å². The van der Waals surface area contributed by atoms with E-state index in [1.807, 2.05) is 6.07 Å². The minimum Gasteiger partial charge on any atom is -0.392 e. The molecule has 0 atom stereocenters. The van der Waals surface area contributed by atoms with Crippen LogP contribution in [0.1, 0.15) is 28.1 Å². The van der Waals surface area contributed by atoms with Crippen molar-refractivity contribution in [2.24, 2.45) is 5.73 Å². The van der Waals surface area contributed by atoms with E-state index in [2.05, 4.69) is 10.3 Å². The fraction of sp³-hybridized carbons (Fsp3) is 0.250. The number of nitrogens with two attached hydrogens (primary N) is 1. The number of benzene rings is 1. The molecule has 0 fully saturated rings. The SMILES string of the molecule is N#Cc1[nH]c(CNC(=N)N)c(-c2ccc(CO)c(CO)c2CO)c1Cl. The zero-order valence-electron chi connectivity index (χ0n) is 13.2. The topological polar surface area (TPSA) is 162 Å². The highest BCUT2D eigenvalue weighted by Crippen LogP contribution is 2.38. The highest BCUT2D eigenvalue weighted by atomic mass is 35.5. The normalized spacial score (nSPS) is 10.5. The molecule has 0 spiro atoms. The number of aromatic amines is 1. The molecule has 1 heterocycles. The van der Waals surface area contributed by atoms with Crippen molar-refractivity contribution in [1.82, 2.24) is 10.3 Å². The van der Waals surface area contributed by atoms with Crippen LogP contribution in [0.4, 0.5) is 0 Å². The highest BCUT2D eigenvalue weighted by molar-refractivity contribution is 6.34. The number of rotatable bonds is 6. The molecule has 0 radical (unpaired) electrons. The summed E-state index contributed by atoms with van der Waals surface area (Å²) in [5, 5.41) is 48.1. The molecule has 25 heavy (non-hydrogen) atoms. The summed E-state index contributed by atoms with van der Waals surface area (Å²) in [4.78, 5) is 2.87. The number of aliphatic hydroxyl groups is 3. The van der Waals surface area contributed by atoms with Crippen molar-refractivity contribution in [2.75, 3.05) is 0 Å². The first-order chi connectivity index (χ1) is 12.0. The zero-order valence-corrected chi connectivity index (χ0v) is 14.0. The molecule has 0 aliphatic carbocycles. The number of aromatic nitrogens is 1. The van der Waals surface area contributed by atoms with Crippen molar-refractivity contribution in [1.29, 1.82) is 10.7 Å². The van der Waals surface area contributed by atoms with Crippen molar-refractivity contribution in [3.8, 4) is 17.2 Å². The monoisotopic (exact) mass is 363 g/mol. The van der Waals surface area contributed by atoms with Gasteiger partial charge in [0, 0.05) is 11.3 Å². The number of halogens is 1. The average Bonchev–Trinajstić information content (AvgIpc) is 2.93. The third kappa shape index (κ3) is 3.60. The summed E-state index contributed by atoms with van der Waals surface area (Å²) in [6, 6.07) is 5.23. The van der Waals surface area contributed by atoms with Gasteiger partial charge in [0.05, 0.1) is 31.4 Å². The number of H-pyrrole nitrogens is 1. The van der Waals surface area contributed by atoms with E-state index in [1.165, 1.54) is 0 Å². The van der Waals surface area contributed by atoms with Crippen LogP contribution in [-0.2, 0) is 26.4 Å². The molecule has 1 aromatic carbocycles. The summed E-state index contributed by atoms with van der Waals surface area (Å²) in [5.41, 5.74) is 8.24. The van der Waals surface area contributed by atoms with E-state index in [0.717, 1.165) is 0 Å². The van der Waals surface area contributed by atoms with E-state index in [4.69, 9.17) is 22.7 Å². The third-order valence-electron chi connectivity index (χ3n) is 3.87. The predicted octanol–water partition coefficient (Wildman–Crippen LogP) is 0.667. The molecule has 9 heteroatoms. The number of aliphatic hydroxyl groups excluding tert-OH is 3. The van der Waals surface area contributed by atoms with E-state index in [-0.39, 0.29) is 43.0 Å². The van der Waals surface area contributed by atoms with Crippen LogP contribution in [0.3, 0.4) is 0 Å². The predicted molar refractivity (Wildman–Crippen MR) is 92.5 cm³/mol. The first-order valence-corrected chi connectivity index (χ1v) is 7.71. The fourth-order valence-corrected chi connectivity index (χ4v) is 3.01. The van der Waals surface area contributed by atoms with E-state index in [0.29, 0.717) is 33.5 Å². The lowest BCUT2D eigenvalue weighted by Gasteiger charge is -2.16. The second kappa shape index (κ2) is 8.00. The van der Waals surface area contributed by atoms with E-state index >= 15 is 0 Å². The van der Waals surface area contributed by atoms with Gasteiger partial charge in [-0.3, -0.25) is 5.41 Å².